The van der Waals surface area contributed by atoms with Gasteiger partial charge < -0.3 is 28.8 Å². The number of ether oxygens (including phenoxy) is 5. The van der Waals surface area contributed by atoms with E-state index in [-0.39, 0.29) is 6.61 Å². The number of rotatable bonds is 6. The van der Waals surface area contributed by atoms with E-state index in [9.17, 15) is 9.90 Å². The highest BCUT2D eigenvalue weighted by Crippen LogP contribution is 2.28. The Morgan fingerprint density at radius 2 is 1.89 bits per heavy atom. The summed E-state index contributed by atoms with van der Waals surface area (Å²) in [5.41, 5.74) is 0. The molecule has 0 radical (unpaired) electrons. The van der Waals surface area contributed by atoms with Crippen LogP contribution in [0.4, 0.5) is 0 Å². The van der Waals surface area contributed by atoms with Gasteiger partial charge in [-0.15, -0.1) is 0 Å². The molecule has 0 amide bonds. The number of aliphatic hydroxyl groups excluding tert-OH is 1. The molecule has 0 aromatic rings. The maximum atomic E-state index is 11.0. The lowest BCUT2D eigenvalue weighted by molar-refractivity contribution is -0.178. The van der Waals surface area contributed by atoms with Crippen LogP contribution in [0.25, 0.3) is 0 Å². The van der Waals surface area contributed by atoms with Gasteiger partial charge in [0.15, 0.2) is 12.4 Å². The SMILES string of the molecule is COC[C@@H](OC(C)=O)[C@H]1O[C@H](O)[C@@H](OC)[C@H]1OC. The molecule has 7 nitrogen and oxygen atoms in total. The molecular weight excluding hydrogens is 244 g/mol. The summed E-state index contributed by atoms with van der Waals surface area (Å²) in [6.07, 6.45) is -3.59. The molecule has 0 bridgehead atoms. The molecule has 1 N–H and O–H groups in total. The molecule has 0 unspecified atom stereocenters. The highest BCUT2D eigenvalue weighted by atomic mass is 16.7. The van der Waals surface area contributed by atoms with Crippen LogP contribution < -0.4 is 0 Å². The normalized spacial score (nSPS) is 33.4. The van der Waals surface area contributed by atoms with Crippen LogP contribution in [0.15, 0.2) is 0 Å². The van der Waals surface area contributed by atoms with E-state index in [1.165, 1.54) is 28.3 Å². The number of methoxy groups -OCH3 is 3. The number of hydrogen-bond acceptors (Lipinski definition) is 7. The standard InChI is InChI=1S/C11H20O7/c1-6(12)17-7(5-14-2)8-9(15-3)10(16-4)11(13)18-8/h7-11,13H,5H2,1-4H3/t7-,8-,9+,10+,11+/m1/s1. The molecule has 1 aliphatic heterocycles. The van der Waals surface area contributed by atoms with Crippen molar-refractivity contribution in [2.45, 2.75) is 37.6 Å². The van der Waals surface area contributed by atoms with Crippen LogP contribution >= 0.6 is 0 Å². The molecule has 7 heteroatoms. The van der Waals surface area contributed by atoms with Crippen molar-refractivity contribution >= 4 is 5.97 Å². The van der Waals surface area contributed by atoms with Crippen molar-refractivity contribution in [2.24, 2.45) is 0 Å². The lowest BCUT2D eigenvalue weighted by atomic mass is 10.1. The number of carbonyl (C=O) groups is 1. The van der Waals surface area contributed by atoms with Gasteiger partial charge in [0.05, 0.1) is 6.61 Å². The predicted octanol–water partition coefficient (Wildman–Crippen LogP) is -0.688. The molecule has 1 fully saturated rings. The number of carbonyl (C=O) groups excluding carboxylic acids is 1. The molecule has 5 atom stereocenters. The monoisotopic (exact) mass is 264 g/mol. The average molecular weight is 264 g/mol. The number of aliphatic hydroxyl groups is 1. The smallest absolute Gasteiger partial charge is 0.303 e. The molecule has 1 aliphatic rings. The minimum absolute atomic E-state index is 0.146. The molecule has 0 aromatic carbocycles. The summed E-state index contributed by atoms with van der Waals surface area (Å²) in [4.78, 5) is 11.0. The first kappa shape index (κ1) is 15.3. The van der Waals surface area contributed by atoms with Crippen LogP contribution in [0.2, 0.25) is 0 Å². The molecule has 0 aliphatic carbocycles. The molecule has 106 valence electrons. The zero-order valence-electron chi connectivity index (χ0n) is 11.0. The van der Waals surface area contributed by atoms with Crippen molar-refractivity contribution in [3.05, 3.63) is 0 Å². The maximum absolute atomic E-state index is 11.0. The quantitative estimate of drug-likeness (QED) is 0.636. The van der Waals surface area contributed by atoms with Gasteiger partial charge in [-0.25, -0.2) is 0 Å². The van der Waals surface area contributed by atoms with Gasteiger partial charge in [-0.3, -0.25) is 4.79 Å². The van der Waals surface area contributed by atoms with Crippen molar-refractivity contribution in [3.8, 4) is 0 Å². The van der Waals surface area contributed by atoms with Gasteiger partial charge in [0.25, 0.3) is 0 Å². The molecule has 1 saturated heterocycles. The zero-order valence-corrected chi connectivity index (χ0v) is 11.0. The molecule has 0 saturated carbocycles. The fourth-order valence-corrected chi connectivity index (χ4v) is 2.06. The summed E-state index contributed by atoms with van der Waals surface area (Å²) in [7, 11) is 4.41. The van der Waals surface area contributed by atoms with Crippen molar-refractivity contribution in [1.82, 2.24) is 0 Å². The second-order valence-electron chi connectivity index (χ2n) is 4.00. The van der Waals surface area contributed by atoms with Crippen LogP contribution in [-0.4, -0.2) is 69.7 Å². The Morgan fingerprint density at radius 1 is 1.28 bits per heavy atom. The third kappa shape index (κ3) is 3.39. The Morgan fingerprint density at radius 3 is 2.33 bits per heavy atom. The average Bonchev–Trinajstić information content (AvgIpc) is 2.64. The van der Waals surface area contributed by atoms with E-state index in [0.717, 1.165) is 0 Å². The van der Waals surface area contributed by atoms with Crippen LogP contribution in [0.1, 0.15) is 6.92 Å². The van der Waals surface area contributed by atoms with Crippen LogP contribution in [-0.2, 0) is 28.5 Å². The fourth-order valence-electron chi connectivity index (χ4n) is 2.06. The highest BCUT2D eigenvalue weighted by molar-refractivity contribution is 5.66. The van der Waals surface area contributed by atoms with Crippen molar-refractivity contribution in [2.75, 3.05) is 27.9 Å². The Hall–Kier alpha value is -0.730. The van der Waals surface area contributed by atoms with Gasteiger partial charge >= 0.3 is 5.97 Å². The van der Waals surface area contributed by atoms with Gasteiger partial charge in [-0.1, -0.05) is 0 Å². The van der Waals surface area contributed by atoms with Gasteiger partial charge in [-0.05, 0) is 0 Å². The van der Waals surface area contributed by atoms with Crippen LogP contribution in [0, 0.1) is 0 Å². The van der Waals surface area contributed by atoms with E-state index in [1.54, 1.807) is 0 Å². The van der Waals surface area contributed by atoms with E-state index in [4.69, 9.17) is 23.7 Å². The van der Waals surface area contributed by atoms with E-state index in [1.807, 2.05) is 0 Å². The second kappa shape index (κ2) is 7.01. The highest BCUT2D eigenvalue weighted by Gasteiger charge is 2.49. The summed E-state index contributed by atoms with van der Waals surface area (Å²) in [6.45, 7) is 1.44. The van der Waals surface area contributed by atoms with E-state index in [0.29, 0.717) is 0 Å². The third-order valence-corrected chi connectivity index (χ3v) is 2.78. The topological polar surface area (TPSA) is 83.5 Å². The maximum Gasteiger partial charge on any atom is 0.303 e. The summed E-state index contributed by atoms with van der Waals surface area (Å²) in [5.74, 6) is -0.453. The largest absolute Gasteiger partial charge is 0.457 e. The van der Waals surface area contributed by atoms with Crippen LogP contribution in [0.5, 0.6) is 0 Å². The van der Waals surface area contributed by atoms with Crippen molar-refractivity contribution < 1.29 is 33.6 Å². The van der Waals surface area contributed by atoms with Gasteiger partial charge in [0.2, 0.25) is 0 Å². The molecule has 18 heavy (non-hydrogen) atoms. The van der Waals surface area contributed by atoms with Crippen LogP contribution in [0.3, 0.4) is 0 Å². The van der Waals surface area contributed by atoms with Gasteiger partial charge in [0, 0.05) is 28.3 Å². The fraction of sp³-hybridized carbons (Fsp3) is 0.909. The summed E-state index contributed by atoms with van der Waals surface area (Å²) >= 11 is 0. The molecule has 0 aromatic heterocycles. The summed E-state index contributed by atoms with van der Waals surface area (Å²) < 4.78 is 25.8. The van der Waals surface area contributed by atoms with Crippen molar-refractivity contribution in [1.29, 1.82) is 0 Å². The van der Waals surface area contributed by atoms with E-state index >= 15 is 0 Å². The lowest BCUT2D eigenvalue weighted by Gasteiger charge is -2.26. The Labute approximate surface area is 106 Å². The summed E-state index contributed by atoms with van der Waals surface area (Å²) in [6, 6.07) is 0. The first-order valence-corrected chi connectivity index (χ1v) is 5.60. The van der Waals surface area contributed by atoms with E-state index in [2.05, 4.69) is 0 Å². The molecule has 0 spiro atoms. The number of esters is 1. The first-order valence-electron chi connectivity index (χ1n) is 5.60. The van der Waals surface area contributed by atoms with Gasteiger partial charge in [-0.2, -0.15) is 0 Å². The molecule has 1 heterocycles. The summed E-state index contributed by atoms with van der Waals surface area (Å²) in [5, 5.41) is 9.70. The molecule has 1 rings (SSSR count). The predicted molar refractivity (Wildman–Crippen MR) is 59.9 cm³/mol. The minimum atomic E-state index is -1.13. The number of hydrogen-bond donors (Lipinski definition) is 1. The molecular formula is C11H20O7. The van der Waals surface area contributed by atoms with Crippen molar-refractivity contribution in [3.63, 3.8) is 0 Å². The Bertz CT molecular complexity index is 270. The van der Waals surface area contributed by atoms with E-state index < -0.39 is 36.7 Å². The van der Waals surface area contributed by atoms with Gasteiger partial charge in [0.1, 0.15) is 18.3 Å². The Balaban J connectivity index is 2.79. The second-order valence-corrected chi connectivity index (χ2v) is 4.00. The zero-order chi connectivity index (χ0) is 13.7. The third-order valence-electron chi connectivity index (χ3n) is 2.78. The first-order chi connectivity index (χ1) is 8.54. The minimum Gasteiger partial charge on any atom is -0.457 e. The Kier molecular flexibility index (Phi) is 5.97. The lowest BCUT2D eigenvalue weighted by Crippen LogP contribution is -2.44.